The lowest BCUT2D eigenvalue weighted by molar-refractivity contribution is -0.131. The van der Waals surface area contributed by atoms with E-state index in [4.69, 9.17) is 10.1 Å². The zero-order chi connectivity index (χ0) is 32.7. The number of rotatable bonds is 7. The van der Waals surface area contributed by atoms with Crippen LogP contribution in [-0.4, -0.2) is 51.6 Å². The molecule has 1 aliphatic heterocycles. The van der Waals surface area contributed by atoms with Crippen LogP contribution in [0.25, 0.3) is 28.4 Å². The second-order valence-corrected chi connectivity index (χ2v) is 13.4. The fourth-order valence-electron chi connectivity index (χ4n) is 7.53. The van der Waals surface area contributed by atoms with Crippen molar-refractivity contribution in [3.8, 4) is 11.3 Å². The Bertz CT molecular complexity index is 1900. The van der Waals surface area contributed by atoms with E-state index >= 15 is 0 Å². The number of aliphatic carboxylic acids is 1. The van der Waals surface area contributed by atoms with Crippen LogP contribution in [0.2, 0.25) is 0 Å². The van der Waals surface area contributed by atoms with Gasteiger partial charge in [-0.25, -0.2) is 9.78 Å². The van der Waals surface area contributed by atoms with E-state index in [9.17, 15) is 14.4 Å². The summed E-state index contributed by atoms with van der Waals surface area (Å²) in [6, 6.07) is 17.5. The summed E-state index contributed by atoms with van der Waals surface area (Å²) in [5, 5.41) is 16.0. The van der Waals surface area contributed by atoms with Crippen molar-refractivity contribution in [1.29, 1.82) is 0 Å². The largest absolute Gasteiger partial charge is 0.478 e. The van der Waals surface area contributed by atoms with Gasteiger partial charge in [0.25, 0.3) is 5.91 Å². The molecule has 242 valence electrons. The molecule has 0 spiro atoms. The second-order valence-electron chi connectivity index (χ2n) is 13.4. The molecule has 3 N–H and O–H groups in total. The van der Waals surface area contributed by atoms with Crippen LogP contribution >= 0.6 is 0 Å². The van der Waals surface area contributed by atoms with E-state index in [0.717, 1.165) is 49.5 Å². The van der Waals surface area contributed by atoms with Crippen molar-refractivity contribution in [3.63, 3.8) is 0 Å². The summed E-state index contributed by atoms with van der Waals surface area (Å²) in [4.78, 5) is 45.5. The zero-order valence-electron chi connectivity index (χ0n) is 27.0. The molecule has 2 amide bonds. The van der Waals surface area contributed by atoms with Gasteiger partial charge in [-0.15, -0.1) is 0 Å². The Kier molecular flexibility index (Phi) is 8.08. The number of carbonyl (C=O) groups excluding carboxylic acids is 2. The minimum atomic E-state index is -1.02. The van der Waals surface area contributed by atoms with Gasteiger partial charge in [0.2, 0.25) is 5.91 Å². The molecule has 2 fully saturated rings. The average molecular weight is 632 g/mol. The molecule has 0 unspecified atom stereocenters. The topological polar surface area (TPSA) is 117 Å². The van der Waals surface area contributed by atoms with Crippen LogP contribution in [0.1, 0.15) is 84.5 Å². The van der Waals surface area contributed by atoms with E-state index in [0.29, 0.717) is 35.7 Å². The average Bonchev–Trinajstić information content (AvgIpc) is 3.30. The first-order valence-electron chi connectivity index (χ1n) is 16.7. The van der Waals surface area contributed by atoms with Gasteiger partial charge in [-0.3, -0.25) is 9.59 Å². The number of anilines is 2. The highest BCUT2D eigenvalue weighted by Gasteiger charge is 2.46. The molecule has 3 aliphatic rings. The van der Waals surface area contributed by atoms with Gasteiger partial charge in [0.1, 0.15) is 16.9 Å². The van der Waals surface area contributed by atoms with Crippen LogP contribution in [0.15, 0.2) is 60.7 Å². The molecule has 0 radical (unpaired) electrons. The smallest absolute Gasteiger partial charge is 0.328 e. The number of aromatic nitrogens is 2. The molecule has 3 heterocycles. The molecule has 47 heavy (non-hydrogen) atoms. The van der Waals surface area contributed by atoms with Crippen LogP contribution in [0.5, 0.6) is 0 Å². The third-order valence-corrected chi connectivity index (χ3v) is 10.3. The molecule has 2 aliphatic carbocycles. The first-order chi connectivity index (χ1) is 22.7. The number of carboxylic acids is 1. The summed E-state index contributed by atoms with van der Waals surface area (Å²) in [6.45, 7) is 3.73. The van der Waals surface area contributed by atoms with E-state index in [-0.39, 0.29) is 11.8 Å². The fraction of sp³-hybridized carbons (Fsp3) is 0.368. The van der Waals surface area contributed by atoms with Crippen molar-refractivity contribution in [3.05, 3.63) is 83.1 Å². The first-order valence-corrected chi connectivity index (χ1v) is 16.7. The van der Waals surface area contributed by atoms with Crippen molar-refractivity contribution in [2.75, 3.05) is 23.8 Å². The summed E-state index contributed by atoms with van der Waals surface area (Å²) >= 11 is 0. The molecule has 2 aromatic heterocycles. The second kappa shape index (κ2) is 12.4. The van der Waals surface area contributed by atoms with Crippen molar-refractivity contribution in [2.45, 2.75) is 76.3 Å². The standard InChI is InChI=1S/C38H41N5O4/c1-24-9-15-28-31(23-24)42(2)21-22-43-34(28)33(26-7-4-3-5-8-26)29-16-17-30(40-35(29)43)36(46)41-38(19-6-20-38)37(47)39-27-13-10-25(11-14-27)12-18-32(44)45/h9-18,23,26H,3-8,19-22H2,1-2H3,(H,39,47)(H,41,46)(H,44,45). The van der Waals surface area contributed by atoms with Crippen LogP contribution in [0.3, 0.4) is 0 Å². The number of carbonyl (C=O) groups is 3. The highest BCUT2D eigenvalue weighted by Crippen LogP contribution is 2.47. The van der Waals surface area contributed by atoms with Crippen LogP contribution in [-0.2, 0) is 16.1 Å². The molecule has 0 saturated heterocycles. The van der Waals surface area contributed by atoms with E-state index in [1.54, 1.807) is 24.3 Å². The maximum absolute atomic E-state index is 13.8. The molecule has 0 bridgehead atoms. The van der Waals surface area contributed by atoms with E-state index in [2.05, 4.69) is 58.3 Å². The summed E-state index contributed by atoms with van der Waals surface area (Å²) < 4.78 is 2.33. The molecule has 2 saturated carbocycles. The van der Waals surface area contributed by atoms with Gasteiger partial charge in [-0.05, 0) is 98.0 Å². The Hall–Kier alpha value is -4.92. The molecule has 7 rings (SSSR count). The van der Waals surface area contributed by atoms with Crippen molar-refractivity contribution in [1.82, 2.24) is 14.9 Å². The maximum Gasteiger partial charge on any atom is 0.328 e. The van der Waals surface area contributed by atoms with Crippen molar-refractivity contribution >= 4 is 46.3 Å². The summed E-state index contributed by atoms with van der Waals surface area (Å²) in [7, 11) is 2.15. The van der Waals surface area contributed by atoms with Crippen molar-refractivity contribution < 1.29 is 19.5 Å². The van der Waals surface area contributed by atoms with E-state index in [1.807, 2.05) is 6.07 Å². The lowest BCUT2D eigenvalue weighted by Crippen LogP contribution is -2.61. The number of fused-ring (bicyclic) bond motifs is 5. The third-order valence-electron chi connectivity index (χ3n) is 10.3. The Balaban J connectivity index is 1.20. The first kappa shape index (κ1) is 30.7. The van der Waals surface area contributed by atoms with E-state index in [1.165, 1.54) is 53.4 Å². The number of aryl methyl sites for hydroxylation is 1. The Morgan fingerprint density at radius 3 is 2.43 bits per heavy atom. The molecular weight excluding hydrogens is 590 g/mol. The van der Waals surface area contributed by atoms with Crippen LogP contribution in [0, 0.1) is 6.92 Å². The molecule has 9 nitrogen and oxygen atoms in total. The lowest BCUT2D eigenvalue weighted by Gasteiger charge is -2.40. The number of amides is 2. The molecule has 4 aromatic rings. The third kappa shape index (κ3) is 5.79. The number of carboxylic acid groups (broad SMARTS) is 1. The predicted molar refractivity (Wildman–Crippen MR) is 185 cm³/mol. The molecule has 2 aromatic carbocycles. The maximum atomic E-state index is 13.8. The zero-order valence-corrected chi connectivity index (χ0v) is 27.0. The van der Waals surface area contributed by atoms with Gasteiger partial charge < -0.3 is 25.2 Å². The van der Waals surface area contributed by atoms with Crippen LogP contribution < -0.4 is 15.5 Å². The van der Waals surface area contributed by atoms with E-state index < -0.39 is 11.5 Å². The van der Waals surface area contributed by atoms with Crippen LogP contribution in [0.4, 0.5) is 11.4 Å². The number of pyridine rings is 1. The van der Waals surface area contributed by atoms with Crippen molar-refractivity contribution in [2.24, 2.45) is 0 Å². The summed E-state index contributed by atoms with van der Waals surface area (Å²) in [5.74, 6) is -1.19. The van der Waals surface area contributed by atoms with Gasteiger partial charge in [0, 0.05) is 48.5 Å². The number of nitrogens with zero attached hydrogens (tertiary/aromatic N) is 3. The summed E-state index contributed by atoms with van der Waals surface area (Å²) in [5.41, 5.74) is 7.68. The molecular formula is C38H41N5O4. The summed E-state index contributed by atoms with van der Waals surface area (Å²) in [6.07, 6.45) is 10.5. The SMILES string of the molecule is Cc1ccc2c(c1)N(C)CCn1c-2c(C2CCCCC2)c2ccc(C(=O)NC3(C(=O)Nc4ccc(C=CC(=O)O)cc4)CCC3)nc21. The highest BCUT2D eigenvalue weighted by atomic mass is 16.4. The number of likely N-dealkylation sites (N-methyl/N-ethyl adjacent to an activating group) is 1. The minimum absolute atomic E-state index is 0.266. The Labute approximate surface area is 274 Å². The molecule has 9 heteroatoms. The fourth-order valence-corrected chi connectivity index (χ4v) is 7.53. The number of hydrogen-bond donors (Lipinski definition) is 3. The number of hydrogen-bond acceptors (Lipinski definition) is 5. The van der Waals surface area contributed by atoms with Gasteiger partial charge in [0.15, 0.2) is 0 Å². The Morgan fingerprint density at radius 2 is 1.72 bits per heavy atom. The van der Waals surface area contributed by atoms with Gasteiger partial charge >= 0.3 is 5.97 Å². The number of nitrogens with one attached hydrogen (secondary N) is 2. The highest BCUT2D eigenvalue weighted by molar-refractivity contribution is 6.05. The lowest BCUT2D eigenvalue weighted by atomic mass is 9.75. The molecule has 0 atom stereocenters. The normalized spacial score (nSPS) is 17.4. The predicted octanol–water partition coefficient (Wildman–Crippen LogP) is 6.90. The quantitative estimate of drug-likeness (QED) is 0.191. The van der Waals surface area contributed by atoms with Gasteiger partial charge in [0.05, 0.1) is 5.69 Å². The monoisotopic (exact) mass is 631 g/mol. The Morgan fingerprint density at radius 1 is 0.957 bits per heavy atom. The minimum Gasteiger partial charge on any atom is -0.478 e. The number of benzene rings is 2. The van der Waals surface area contributed by atoms with Gasteiger partial charge in [-0.2, -0.15) is 0 Å². The van der Waals surface area contributed by atoms with Gasteiger partial charge in [-0.1, -0.05) is 43.5 Å².